The molecule has 0 aliphatic rings. The Morgan fingerprint density at radius 3 is 2.55 bits per heavy atom. The Bertz CT molecular complexity index is 157. The van der Waals surface area contributed by atoms with Gasteiger partial charge in [0, 0.05) is 0 Å². The van der Waals surface area contributed by atoms with Gasteiger partial charge in [-0.15, -0.1) is 4.52 Å². The molecule has 11 heavy (non-hydrogen) atoms. The fraction of sp³-hybridized carbons (Fsp3) is 0.833. The lowest BCUT2D eigenvalue weighted by Crippen LogP contribution is -2.16. The van der Waals surface area contributed by atoms with Crippen LogP contribution in [0, 0.1) is 5.92 Å². The van der Waals surface area contributed by atoms with E-state index in [0.29, 0.717) is 0 Å². The summed E-state index contributed by atoms with van der Waals surface area (Å²) in [6.45, 7) is 3.25. The summed E-state index contributed by atoms with van der Waals surface area (Å²) < 4.78 is 19.6. The lowest BCUT2D eigenvalue weighted by molar-refractivity contribution is -0.145. The topological polar surface area (TPSA) is 52.6 Å². The molecular formula is C6H12O4P+. The highest BCUT2D eigenvalue weighted by atomic mass is 31.1. The largest absolute Gasteiger partial charge is 0.504 e. The molecule has 0 N–H and O–H groups in total. The van der Waals surface area contributed by atoms with Crippen LogP contribution in [0.5, 0.6) is 0 Å². The summed E-state index contributed by atoms with van der Waals surface area (Å²) >= 11 is 0. The van der Waals surface area contributed by atoms with Crippen LogP contribution in [-0.4, -0.2) is 26.4 Å². The van der Waals surface area contributed by atoms with Gasteiger partial charge in [0.1, 0.15) is 6.61 Å². The monoisotopic (exact) mass is 179 g/mol. The maximum atomic E-state index is 10.7. The molecule has 0 aromatic carbocycles. The van der Waals surface area contributed by atoms with Gasteiger partial charge < -0.3 is 4.74 Å². The third-order valence-electron chi connectivity index (χ3n) is 1.11. The average Bonchev–Trinajstić information content (AvgIpc) is 1.98. The van der Waals surface area contributed by atoms with E-state index in [4.69, 9.17) is 4.52 Å². The van der Waals surface area contributed by atoms with Crippen molar-refractivity contribution >= 4 is 14.0 Å². The van der Waals surface area contributed by atoms with Gasteiger partial charge in [0.25, 0.3) is 0 Å². The lowest BCUT2D eigenvalue weighted by atomic mass is 10.2. The molecule has 4 nitrogen and oxygen atoms in total. The van der Waals surface area contributed by atoms with Crippen LogP contribution in [0.3, 0.4) is 0 Å². The van der Waals surface area contributed by atoms with Gasteiger partial charge in [-0.25, -0.2) is 0 Å². The van der Waals surface area contributed by atoms with E-state index in [2.05, 4.69) is 4.74 Å². The molecule has 0 saturated carbocycles. The molecule has 0 rings (SSSR count). The zero-order valence-corrected chi connectivity index (χ0v) is 7.76. The van der Waals surface area contributed by atoms with E-state index < -0.39 is 8.03 Å². The highest BCUT2D eigenvalue weighted by Crippen LogP contribution is 2.16. The Labute approximate surface area is 66.7 Å². The van der Waals surface area contributed by atoms with Gasteiger partial charge in [-0.3, -0.25) is 4.79 Å². The van der Waals surface area contributed by atoms with Crippen LogP contribution in [0.15, 0.2) is 0 Å². The molecule has 0 radical (unpaired) electrons. The number of hydrogen-bond acceptors (Lipinski definition) is 4. The van der Waals surface area contributed by atoms with Crippen molar-refractivity contribution in [3.05, 3.63) is 0 Å². The van der Waals surface area contributed by atoms with Crippen LogP contribution in [-0.2, 0) is 18.6 Å². The minimum absolute atomic E-state index is 0.151. The van der Waals surface area contributed by atoms with E-state index in [1.54, 1.807) is 6.92 Å². The van der Waals surface area contributed by atoms with Crippen LogP contribution in [0.25, 0.3) is 0 Å². The average molecular weight is 179 g/mol. The van der Waals surface area contributed by atoms with Gasteiger partial charge in [0.2, 0.25) is 0 Å². The van der Waals surface area contributed by atoms with Crippen molar-refractivity contribution in [3.8, 4) is 0 Å². The maximum Gasteiger partial charge on any atom is 0.504 e. The minimum Gasteiger partial charge on any atom is -0.469 e. The third kappa shape index (κ3) is 4.87. The summed E-state index contributed by atoms with van der Waals surface area (Å²) in [6.07, 6.45) is 0. The van der Waals surface area contributed by atoms with Gasteiger partial charge in [-0.1, -0.05) is 0 Å². The molecule has 0 bridgehead atoms. The zero-order chi connectivity index (χ0) is 8.85. The third-order valence-corrected chi connectivity index (χ3v) is 1.62. The smallest absolute Gasteiger partial charge is 0.469 e. The predicted octanol–water partition coefficient (Wildman–Crippen LogP) is 1.18. The molecule has 0 aliphatic heterocycles. The highest BCUT2D eigenvalue weighted by Gasteiger charge is 2.18. The molecule has 5 heteroatoms. The highest BCUT2D eigenvalue weighted by molar-refractivity contribution is 7.38. The van der Waals surface area contributed by atoms with Gasteiger partial charge in [-0.2, -0.15) is 0 Å². The molecule has 2 atom stereocenters. The molecule has 0 spiro atoms. The maximum absolute atomic E-state index is 10.7. The molecule has 64 valence electrons. The first-order valence-electron chi connectivity index (χ1n) is 3.19. The van der Waals surface area contributed by atoms with Crippen molar-refractivity contribution in [3.63, 3.8) is 0 Å². The number of methoxy groups -OCH3 is 1. The molecule has 0 saturated heterocycles. The number of esters is 1. The van der Waals surface area contributed by atoms with Crippen LogP contribution < -0.4 is 0 Å². The van der Waals surface area contributed by atoms with E-state index in [1.807, 2.05) is 0 Å². The number of carbonyl (C=O) groups is 1. The Kier molecular flexibility index (Phi) is 4.99. The second kappa shape index (κ2) is 5.22. The fourth-order valence-electron chi connectivity index (χ4n) is 0.486. The molecule has 0 heterocycles. The van der Waals surface area contributed by atoms with Crippen LogP contribution >= 0.6 is 8.03 Å². The summed E-state index contributed by atoms with van der Waals surface area (Å²) in [7, 11) is -0.310. The van der Waals surface area contributed by atoms with Crippen molar-refractivity contribution in [2.45, 2.75) is 6.92 Å². The number of ether oxygens (including phenoxy) is 1. The lowest BCUT2D eigenvalue weighted by Gasteiger charge is -2.03. The van der Waals surface area contributed by atoms with Crippen molar-refractivity contribution in [1.29, 1.82) is 0 Å². The molecule has 0 aromatic rings. The number of hydrogen-bond donors (Lipinski definition) is 0. The normalized spacial score (nSPS) is 13.9. The first kappa shape index (κ1) is 10.5. The van der Waals surface area contributed by atoms with Gasteiger partial charge >= 0.3 is 14.0 Å². The van der Waals surface area contributed by atoms with E-state index >= 15 is 0 Å². The van der Waals surface area contributed by atoms with Crippen LogP contribution in [0.1, 0.15) is 6.92 Å². The van der Waals surface area contributed by atoms with Crippen LogP contribution in [0.4, 0.5) is 0 Å². The summed E-state index contributed by atoms with van der Waals surface area (Å²) in [5.41, 5.74) is 0. The summed E-state index contributed by atoms with van der Waals surface area (Å²) in [5, 5.41) is 0. The second-order valence-corrected chi connectivity index (χ2v) is 3.30. The standard InChI is InChI=1S/C6H12O4P/c1-5(6(7)9-2)4-10-11(3)8/h5H,4H2,1-3H3/q+1. The van der Waals surface area contributed by atoms with Crippen molar-refractivity contribution in [2.75, 3.05) is 20.4 Å². The molecule has 0 aromatic heterocycles. The van der Waals surface area contributed by atoms with Gasteiger partial charge in [0.05, 0.1) is 13.0 Å². The predicted molar refractivity (Wildman–Crippen MR) is 40.7 cm³/mol. The van der Waals surface area contributed by atoms with E-state index in [0.717, 1.165) is 0 Å². The Morgan fingerprint density at radius 1 is 1.64 bits per heavy atom. The Hall–Kier alpha value is -0.470. The Balaban J connectivity index is 3.60. The van der Waals surface area contributed by atoms with Crippen molar-refractivity contribution in [2.24, 2.45) is 5.92 Å². The van der Waals surface area contributed by atoms with Crippen LogP contribution in [0.2, 0.25) is 0 Å². The van der Waals surface area contributed by atoms with Gasteiger partial charge in [0.15, 0.2) is 6.66 Å². The number of carbonyl (C=O) groups excluding carboxylic acids is 1. The van der Waals surface area contributed by atoms with E-state index in [9.17, 15) is 9.36 Å². The summed E-state index contributed by atoms with van der Waals surface area (Å²) in [6, 6.07) is 0. The second-order valence-electron chi connectivity index (χ2n) is 2.16. The first-order chi connectivity index (χ1) is 5.07. The quantitative estimate of drug-likeness (QED) is 0.480. The minimum atomic E-state index is -1.62. The molecule has 0 amide bonds. The molecule has 0 aliphatic carbocycles. The zero-order valence-electron chi connectivity index (χ0n) is 6.86. The first-order valence-corrected chi connectivity index (χ1v) is 4.82. The molecule has 2 unspecified atom stereocenters. The number of rotatable bonds is 4. The van der Waals surface area contributed by atoms with E-state index in [-0.39, 0.29) is 18.5 Å². The van der Waals surface area contributed by atoms with Gasteiger partial charge in [-0.05, 0) is 11.5 Å². The molecule has 0 fully saturated rings. The van der Waals surface area contributed by atoms with Crippen molar-refractivity contribution in [1.82, 2.24) is 0 Å². The van der Waals surface area contributed by atoms with Crippen molar-refractivity contribution < 1.29 is 18.6 Å². The Morgan fingerprint density at radius 2 is 2.18 bits per heavy atom. The van der Waals surface area contributed by atoms with E-state index in [1.165, 1.54) is 13.8 Å². The SMILES string of the molecule is COC(=O)C(C)CO[P+](C)=O. The summed E-state index contributed by atoms with van der Waals surface area (Å²) in [5.74, 6) is -0.694. The summed E-state index contributed by atoms with van der Waals surface area (Å²) in [4.78, 5) is 10.7. The fourth-order valence-corrected chi connectivity index (χ4v) is 0.920. The molecular weight excluding hydrogens is 167 g/mol.